The molecule has 2 heterocycles. The Labute approximate surface area is 140 Å². The molecule has 2 rings (SSSR count). The minimum Gasteiger partial charge on any atom is -0.494 e. The highest BCUT2D eigenvalue weighted by Crippen LogP contribution is 2.33. The van der Waals surface area contributed by atoms with E-state index in [1.807, 2.05) is 20.2 Å². The van der Waals surface area contributed by atoms with Crippen LogP contribution in [0.15, 0.2) is 17.1 Å². The predicted molar refractivity (Wildman–Crippen MR) is 89.5 cm³/mol. The minimum atomic E-state index is -0.948. The summed E-state index contributed by atoms with van der Waals surface area (Å²) in [6.45, 7) is 0.673. The molecule has 0 aromatic carbocycles. The second-order valence-electron chi connectivity index (χ2n) is 5.43. The highest BCUT2D eigenvalue weighted by atomic mass is 16.5. The number of carbonyl (C=O) groups is 1. The lowest BCUT2D eigenvalue weighted by molar-refractivity contribution is 0.150. The molecule has 1 N–H and O–H groups in total. The number of pyridine rings is 1. The third-order valence-corrected chi connectivity index (χ3v) is 3.50. The van der Waals surface area contributed by atoms with Crippen LogP contribution in [0, 0.1) is 11.3 Å². The largest absolute Gasteiger partial charge is 0.494 e. The van der Waals surface area contributed by atoms with Crippen LogP contribution >= 0.6 is 0 Å². The molecule has 24 heavy (non-hydrogen) atoms. The van der Waals surface area contributed by atoms with Crippen molar-refractivity contribution in [3.8, 4) is 11.8 Å². The summed E-state index contributed by atoms with van der Waals surface area (Å²) < 4.78 is 5.39. The highest BCUT2D eigenvalue weighted by molar-refractivity contribution is 5.75. The zero-order valence-corrected chi connectivity index (χ0v) is 13.9. The fraction of sp³-hybridized carbons (Fsp3) is 0.375. The Morgan fingerprint density at radius 3 is 2.83 bits per heavy atom. The molecule has 0 fully saturated rings. The number of aromatic nitrogens is 1. The number of carboxylic acid groups (broad SMARTS) is 1. The van der Waals surface area contributed by atoms with Gasteiger partial charge < -0.3 is 19.6 Å². The Morgan fingerprint density at radius 2 is 2.33 bits per heavy atom. The first kappa shape index (κ1) is 17.3. The van der Waals surface area contributed by atoms with Gasteiger partial charge in [0.25, 0.3) is 0 Å². The van der Waals surface area contributed by atoms with Gasteiger partial charge in [-0.1, -0.05) is 6.08 Å². The Bertz CT molecular complexity index is 734. The highest BCUT2D eigenvalue weighted by Gasteiger charge is 2.21. The molecule has 1 aromatic rings. The van der Waals surface area contributed by atoms with E-state index < -0.39 is 6.09 Å². The standard InChI is InChI=1S/C16H19N5O3/c1-20(2)10-18-12-8-14(24-3)15(19-13(12)9-17)11-4-6-21(7-5-11)16(22)23/h4,8,10H,5-7H2,1-3H3,(H,22,23). The van der Waals surface area contributed by atoms with Crippen LogP contribution in [0.25, 0.3) is 5.57 Å². The van der Waals surface area contributed by atoms with Crippen LogP contribution in [0.5, 0.6) is 5.75 Å². The number of hydrogen-bond donors (Lipinski definition) is 1. The van der Waals surface area contributed by atoms with Crippen LogP contribution in [0.1, 0.15) is 17.8 Å². The van der Waals surface area contributed by atoms with E-state index in [-0.39, 0.29) is 12.2 Å². The average molecular weight is 329 g/mol. The van der Waals surface area contributed by atoms with E-state index in [1.165, 1.54) is 12.0 Å². The van der Waals surface area contributed by atoms with E-state index in [2.05, 4.69) is 9.98 Å². The molecular formula is C16H19N5O3. The van der Waals surface area contributed by atoms with Crippen LogP contribution in [0.2, 0.25) is 0 Å². The maximum absolute atomic E-state index is 11.0. The number of rotatable bonds is 4. The van der Waals surface area contributed by atoms with Crippen molar-refractivity contribution >= 4 is 23.7 Å². The molecule has 0 spiro atoms. The predicted octanol–water partition coefficient (Wildman–Crippen LogP) is 1.95. The first-order valence-electron chi connectivity index (χ1n) is 7.33. The fourth-order valence-electron chi connectivity index (χ4n) is 2.29. The molecule has 126 valence electrons. The number of aliphatic imine (C=N–C) groups is 1. The molecule has 0 aliphatic carbocycles. The molecule has 1 amide bonds. The monoisotopic (exact) mass is 329 g/mol. The molecule has 0 unspecified atom stereocenters. The summed E-state index contributed by atoms with van der Waals surface area (Å²) in [5.41, 5.74) is 2.05. The van der Waals surface area contributed by atoms with Crippen LogP contribution in [-0.2, 0) is 0 Å². The molecular weight excluding hydrogens is 310 g/mol. The lowest BCUT2D eigenvalue weighted by Gasteiger charge is -2.24. The van der Waals surface area contributed by atoms with Gasteiger partial charge in [-0.15, -0.1) is 0 Å². The summed E-state index contributed by atoms with van der Waals surface area (Å²) in [6.07, 6.45) is 2.95. The molecule has 1 aromatic heterocycles. The van der Waals surface area contributed by atoms with Gasteiger partial charge in [-0.2, -0.15) is 5.26 Å². The van der Waals surface area contributed by atoms with E-state index >= 15 is 0 Å². The van der Waals surface area contributed by atoms with Gasteiger partial charge in [-0.05, 0) is 12.0 Å². The van der Waals surface area contributed by atoms with Crippen molar-refractivity contribution in [2.75, 3.05) is 34.3 Å². The zero-order chi connectivity index (χ0) is 17.7. The summed E-state index contributed by atoms with van der Waals surface area (Å²) in [6, 6.07) is 3.72. The maximum Gasteiger partial charge on any atom is 0.407 e. The van der Waals surface area contributed by atoms with Gasteiger partial charge in [0.15, 0.2) is 5.69 Å². The van der Waals surface area contributed by atoms with Gasteiger partial charge in [-0.3, -0.25) is 0 Å². The second kappa shape index (κ2) is 7.46. The summed E-state index contributed by atoms with van der Waals surface area (Å²) in [5, 5.41) is 18.4. The zero-order valence-electron chi connectivity index (χ0n) is 13.9. The van der Waals surface area contributed by atoms with Gasteiger partial charge in [0, 0.05) is 33.3 Å². The Morgan fingerprint density at radius 1 is 1.58 bits per heavy atom. The van der Waals surface area contributed by atoms with E-state index in [1.54, 1.807) is 23.4 Å². The van der Waals surface area contributed by atoms with Crippen molar-refractivity contribution in [3.05, 3.63) is 23.5 Å². The molecule has 0 bridgehead atoms. The summed E-state index contributed by atoms with van der Waals surface area (Å²) in [7, 11) is 5.18. The third-order valence-electron chi connectivity index (χ3n) is 3.50. The van der Waals surface area contributed by atoms with Crippen molar-refractivity contribution in [2.24, 2.45) is 4.99 Å². The quantitative estimate of drug-likeness (QED) is 0.669. The molecule has 0 saturated heterocycles. The molecule has 1 aliphatic heterocycles. The third kappa shape index (κ3) is 3.81. The molecule has 8 heteroatoms. The van der Waals surface area contributed by atoms with Gasteiger partial charge in [0.05, 0.1) is 13.4 Å². The maximum atomic E-state index is 11.0. The van der Waals surface area contributed by atoms with E-state index in [0.717, 1.165) is 5.57 Å². The van der Waals surface area contributed by atoms with E-state index in [0.29, 0.717) is 30.1 Å². The van der Waals surface area contributed by atoms with Crippen molar-refractivity contribution in [3.63, 3.8) is 0 Å². The summed E-state index contributed by atoms with van der Waals surface area (Å²) in [4.78, 5) is 22.7. The van der Waals surface area contributed by atoms with Crippen LogP contribution in [-0.4, -0.2) is 66.6 Å². The first-order valence-corrected chi connectivity index (χ1v) is 7.33. The lowest BCUT2D eigenvalue weighted by atomic mass is 10.0. The van der Waals surface area contributed by atoms with Gasteiger partial charge in [0.1, 0.15) is 23.2 Å². The SMILES string of the molecule is COc1cc(N=CN(C)C)c(C#N)nc1C1=CCN(C(=O)O)CC1. The van der Waals surface area contributed by atoms with Crippen molar-refractivity contribution < 1.29 is 14.6 Å². The fourth-order valence-corrected chi connectivity index (χ4v) is 2.29. The molecule has 0 radical (unpaired) electrons. The topological polar surface area (TPSA) is 102 Å². The van der Waals surface area contributed by atoms with Gasteiger partial charge in [-0.25, -0.2) is 14.8 Å². The number of nitriles is 1. The second-order valence-corrected chi connectivity index (χ2v) is 5.43. The number of amides is 1. The lowest BCUT2D eigenvalue weighted by Crippen LogP contribution is -2.33. The van der Waals surface area contributed by atoms with E-state index in [9.17, 15) is 10.1 Å². The number of ether oxygens (including phenoxy) is 1. The molecule has 8 nitrogen and oxygen atoms in total. The average Bonchev–Trinajstić information content (AvgIpc) is 2.59. The minimum absolute atomic E-state index is 0.200. The number of methoxy groups -OCH3 is 1. The van der Waals surface area contributed by atoms with Gasteiger partial charge >= 0.3 is 6.09 Å². The van der Waals surface area contributed by atoms with Crippen LogP contribution in [0.4, 0.5) is 10.5 Å². The van der Waals surface area contributed by atoms with Crippen molar-refractivity contribution in [1.29, 1.82) is 5.26 Å². The van der Waals surface area contributed by atoms with Crippen LogP contribution < -0.4 is 4.74 Å². The summed E-state index contributed by atoms with van der Waals surface area (Å²) in [5.74, 6) is 0.509. The number of hydrogen-bond acceptors (Lipinski definition) is 5. The Hall–Kier alpha value is -3.08. The first-order chi connectivity index (χ1) is 11.5. The summed E-state index contributed by atoms with van der Waals surface area (Å²) >= 11 is 0. The molecule has 0 saturated carbocycles. The Balaban J connectivity index is 2.41. The van der Waals surface area contributed by atoms with Crippen molar-refractivity contribution in [1.82, 2.24) is 14.8 Å². The number of nitrogens with zero attached hydrogens (tertiary/aromatic N) is 5. The Kier molecular flexibility index (Phi) is 5.37. The van der Waals surface area contributed by atoms with Crippen LogP contribution in [0.3, 0.4) is 0 Å². The normalized spacial score (nSPS) is 14.2. The van der Waals surface area contributed by atoms with E-state index in [4.69, 9.17) is 9.84 Å². The van der Waals surface area contributed by atoms with Gasteiger partial charge in [0.2, 0.25) is 0 Å². The van der Waals surface area contributed by atoms with Crippen molar-refractivity contribution in [2.45, 2.75) is 6.42 Å². The molecule has 1 aliphatic rings. The molecule has 0 atom stereocenters. The smallest absolute Gasteiger partial charge is 0.407 e.